The average molecular weight is 488 g/mol. The minimum absolute atomic E-state index is 0.0366. The van der Waals surface area contributed by atoms with E-state index in [9.17, 15) is 18.0 Å². The molecule has 2 aliphatic heterocycles. The van der Waals surface area contributed by atoms with Gasteiger partial charge in [0, 0.05) is 10.9 Å². The van der Waals surface area contributed by atoms with E-state index in [4.69, 9.17) is 4.74 Å². The van der Waals surface area contributed by atoms with Gasteiger partial charge in [-0.15, -0.1) is 0 Å². The Morgan fingerprint density at radius 2 is 1.97 bits per heavy atom. The first-order valence-electron chi connectivity index (χ1n) is 10.6. The molecule has 1 N–H and O–H groups in total. The smallest absolute Gasteiger partial charge is 0.340 e. The summed E-state index contributed by atoms with van der Waals surface area (Å²) in [4.78, 5) is 31.8. The molecule has 0 radical (unpaired) electrons. The molecule has 1 saturated heterocycles. The molecule has 8 nitrogen and oxygen atoms in total. The second-order valence-electron chi connectivity index (χ2n) is 7.95. The van der Waals surface area contributed by atoms with Crippen LogP contribution in [0, 0.1) is 6.92 Å². The van der Waals surface area contributed by atoms with Crippen molar-refractivity contribution in [3.8, 4) is 0 Å². The lowest BCUT2D eigenvalue weighted by molar-refractivity contribution is -0.114. The lowest BCUT2D eigenvalue weighted by Gasteiger charge is -2.24. The fraction of sp³-hybridized carbons (Fsp3) is 0.348. The quantitative estimate of drug-likeness (QED) is 0.625. The number of nitrogens with one attached hydrogen (secondary N) is 1. The van der Waals surface area contributed by atoms with Crippen molar-refractivity contribution in [1.82, 2.24) is 0 Å². The first-order valence-corrected chi connectivity index (χ1v) is 13.3. The number of ether oxygens (including phenoxy) is 1. The van der Waals surface area contributed by atoms with Gasteiger partial charge in [-0.3, -0.25) is 9.79 Å². The predicted molar refractivity (Wildman–Crippen MR) is 131 cm³/mol. The monoisotopic (exact) mass is 487 g/mol. The predicted octanol–water partition coefficient (Wildman–Crippen LogP) is 2.89. The summed E-state index contributed by atoms with van der Waals surface area (Å²) in [5, 5.41) is 3.30. The van der Waals surface area contributed by atoms with Crippen molar-refractivity contribution in [1.29, 1.82) is 0 Å². The Morgan fingerprint density at radius 1 is 1.18 bits per heavy atom. The maximum absolute atomic E-state index is 13.1. The maximum Gasteiger partial charge on any atom is 0.340 e. The third-order valence-corrected chi connectivity index (χ3v) is 8.60. The van der Waals surface area contributed by atoms with Gasteiger partial charge in [-0.25, -0.2) is 13.2 Å². The number of amides is 1. The summed E-state index contributed by atoms with van der Waals surface area (Å²) in [6, 6.07) is 14.1. The van der Waals surface area contributed by atoms with Crippen LogP contribution in [0.5, 0.6) is 0 Å². The molecule has 10 heteroatoms. The number of sulfone groups is 1. The molecule has 2 atom stereocenters. The van der Waals surface area contributed by atoms with Crippen LogP contribution >= 0.6 is 11.8 Å². The lowest BCUT2D eigenvalue weighted by Crippen LogP contribution is -2.37. The number of carbonyl (C=O) groups excluding carboxylic acids is 2. The van der Waals surface area contributed by atoms with Gasteiger partial charge in [-0.05, 0) is 43.7 Å². The highest BCUT2D eigenvalue weighted by atomic mass is 32.2. The maximum atomic E-state index is 13.1. The average Bonchev–Trinajstić information content (AvgIpc) is 3.26. The van der Waals surface area contributed by atoms with E-state index < -0.39 is 15.8 Å². The molecular formula is C23H25N3O5S2. The fourth-order valence-corrected chi connectivity index (χ4v) is 7.63. The van der Waals surface area contributed by atoms with E-state index >= 15 is 0 Å². The highest BCUT2D eigenvalue weighted by Crippen LogP contribution is 2.37. The Hall–Kier alpha value is -2.85. The van der Waals surface area contributed by atoms with Gasteiger partial charge >= 0.3 is 5.97 Å². The molecule has 0 saturated carbocycles. The Kier molecular flexibility index (Phi) is 6.76. The van der Waals surface area contributed by atoms with Crippen molar-refractivity contribution in [2.75, 3.05) is 34.9 Å². The normalized spacial score (nSPS) is 20.6. The fourth-order valence-electron chi connectivity index (χ4n) is 3.85. The first-order chi connectivity index (χ1) is 15.8. The van der Waals surface area contributed by atoms with E-state index in [0.717, 1.165) is 11.3 Å². The van der Waals surface area contributed by atoms with Crippen molar-refractivity contribution < 1.29 is 22.7 Å². The number of fused-ring (bicyclic) bond motifs is 1. The zero-order valence-electron chi connectivity index (χ0n) is 18.4. The minimum Gasteiger partial charge on any atom is -0.462 e. The molecule has 0 aromatic heterocycles. The van der Waals surface area contributed by atoms with Gasteiger partial charge in [0.15, 0.2) is 15.0 Å². The van der Waals surface area contributed by atoms with E-state index in [0.29, 0.717) is 10.9 Å². The molecule has 0 spiro atoms. The molecule has 174 valence electrons. The van der Waals surface area contributed by atoms with Crippen molar-refractivity contribution in [3.63, 3.8) is 0 Å². The molecule has 0 aliphatic carbocycles. The standard InChI is InChI=1S/C23H25N3O5S2/c1-3-31-22(28)17-9-4-5-10-18(17)24-21(27)12-26(16-8-6-7-15(2)11-16)23-25-19-13-33(29,30)14-20(19)32-23/h4-11,19-20H,3,12-14H2,1-2H3,(H,24,27). The van der Waals surface area contributed by atoms with Crippen molar-refractivity contribution in [2.45, 2.75) is 25.1 Å². The van der Waals surface area contributed by atoms with Crippen LogP contribution in [-0.2, 0) is 19.4 Å². The Morgan fingerprint density at radius 3 is 2.70 bits per heavy atom. The number of aryl methyl sites for hydroxylation is 1. The number of nitrogens with zero attached hydrogens (tertiary/aromatic N) is 2. The van der Waals surface area contributed by atoms with Gasteiger partial charge in [0.05, 0.1) is 35.4 Å². The number of aliphatic imine (C=N–C) groups is 1. The zero-order valence-corrected chi connectivity index (χ0v) is 20.0. The SMILES string of the molecule is CCOC(=O)c1ccccc1NC(=O)CN(C1=NC2CS(=O)(=O)CC2S1)c1cccc(C)c1. The van der Waals surface area contributed by atoms with Crippen LogP contribution in [0.2, 0.25) is 0 Å². The zero-order chi connectivity index (χ0) is 23.6. The van der Waals surface area contributed by atoms with Crippen molar-refractivity contribution >= 4 is 50.0 Å². The summed E-state index contributed by atoms with van der Waals surface area (Å²) in [6.45, 7) is 3.87. The molecule has 2 aromatic rings. The topological polar surface area (TPSA) is 105 Å². The molecule has 2 unspecified atom stereocenters. The number of esters is 1. The number of benzene rings is 2. The molecular weight excluding hydrogens is 462 g/mol. The van der Waals surface area contributed by atoms with Crippen LogP contribution in [0.3, 0.4) is 0 Å². The molecule has 2 heterocycles. The number of carbonyl (C=O) groups is 2. The third kappa shape index (κ3) is 5.39. The van der Waals surface area contributed by atoms with E-state index in [1.54, 1.807) is 36.1 Å². The van der Waals surface area contributed by atoms with Crippen LogP contribution in [0.4, 0.5) is 11.4 Å². The Balaban J connectivity index is 1.57. The molecule has 1 amide bonds. The minimum atomic E-state index is -3.08. The summed E-state index contributed by atoms with van der Waals surface area (Å²) < 4.78 is 29.0. The number of anilines is 2. The number of hydrogen-bond donors (Lipinski definition) is 1. The summed E-state index contributed by atoms with van der Waals surface area (Å²) >= 11 is 1.40. The van der Waals surface area contributed by atoms with Crippen molar-refractivity contribution in [3.05, 3.63) is 59.7 Å². The summed E-state index contributed by atoms with van der Waals surface area (Å²) in [5.41, 5.74) is 2.46. The van der Waals surface area contributed by atoms with Crippen LogP contribution in [0.25, 0.3) is 0 Å². The Labute approximate surface area is 197 Å². The van der Waals surface area contributed by atoms with Crippen LogP contribution in [0.15, 0.2) is 53.5 Å². The van der Waals surface area contributed by atoms with Crippen molar-refractivity contribution in [2.24, 2.45) is 4.99 Å². The molecule has 2 aliphatic rings. The largest absolute Gasteiger partial charge is 0.462 e. The number of amidine groups is 1. The number of para-hydroxylation sites is 1. The van der Waals surface area contributed by atoms with Crippen LogP contribution < -0.4 is 10.2 Å². The molecule has 4 rings (SSSR count). The molecule has 2 aromatic carbocycles. The van der Waals surface area contributed by atoms with Gasteiger partial charge < -0.3 is 15.0 Å². The number of thioether (sulfide) groups is 1. The molecule has 1 fully saturated rings. The van der Waals surface area contributed by atoms with Gasteiger partial charge in [0.2, 0.25) is 5.91 Å². The number of hydrogen-bond acceptors (Lipinski definition) is 8. The first kappa shape index (κ1) is 23.3. The molecule has 33 heavy (non-hydrogen) atoms. The van der Waals surface area contributed by atoms with E-state index in [-0.39, 0.29) is 47.4 Å². The van der Waals surface area contributed by atoms with Crippen LogP contribution in [0.1, 0.15) is 22.8 Å². The number of rotatable bonds is 6. The van der Waals surface area contributed by atoms with E-state index in [2.05, 4.69) is 10.3 Å². The van der Waals surface area contributed by atoms with Crippen LogP contribution in [-0.4, -0.2) is 61.4 Å². The van der Waals surface area contributed by atoms with Gasteiger partial charge in [0.25, 0.3) is 0 Å². The summed E-state index contributed by atoms with van der Waals surface area (Å²) in [5.74, 6) is -0.708. The second-order valence-corrected chi connectivity index (χ2v) is 11.3. The second kappa shape index (κ2) is 9.56. The van der Waals surface area contributed by atoms with E-state index in [1.165, 1.54) is 11.8 Å². The van der Waals surface area contributed by atoms with Gasteiger partial charge in [0.1, 0.15) is 6.54 Å². The van der Waals surface area contributed by atoms with Gasteiger partial charge in [-0.1, -0.05) is 36.0 Å². The summed E-state index contributed by atoms with van der Waals surface area (Å²) in [6.07, 6.45) is 0. The third-order valence-electron chi connectivity index (χ3n) is 5.35. The van der Waals surface area contributed by atoms with E-state index in [1.807, 2.05) is 31.2 Å². The highest BCUT2D eigenvalue weighted by Gasteiger charge is 2.44. The highest BCUT2D eigenvalue weighted by molar-refractivity contribution is 8.15. The van der Waals surface area contributed by atoms with Gasteiger partial charge in [-0.2, -0.15) is 0 Å². The molecule has 0 bridgehead atoms. The summed E-state index contributed by atoms with van der Waals surface area (Å²) in [7, 11) is -3.08. The Bertz CT molecular complexity index is 1210. The lowest BCUT2D eigenvalue weighted by atomic mass is 10.1.